The Hall–Kier alpha value is -1.23. The van der Waals surface area contributed by atoms with Crippen molar-refractivity contribution in [2.24, 2.45) is 5.41 Å². The van der Waals surface area contributed by atoms with Crippen molar-refractivity contribution in [1.29, 1.82) is 0 Å². The quantitative estimate of drug-likeness (QED) is 0.577. The summed E-state index contributed by atoms with van der Waals surface area (Å²) in [4.78, 5) is 0. The van der Waals surface area contributed by atoms with Gasteiger partial charge in [-0.2, -0.15) is 5.10 Å². The third-order valence-corrected chi connectivity index (χ3v) is 1.44. The van der Waals surface area contributed by atoms with Gasteiger partial charge >= 0.3 is 0 Å². The van der Waals surface area contributed by atoms with Crippen molar-refractivity contribution in [3.8, 4) is 12.3 Å². The third-order valence-electron chi connectivity index (χ3n) is 1.44. The van der Waals surface area contributed by atoms with Crippen LogP contribution in [-0.2, 0) is 6.54 Å². The lowest BCUT2D eigenvalue weighted by Gasteiger charge is -2.17. The minimum Gasteiger partial charge on any atom is -0.271 e. The maximum absolute atomic E-state index is 5.22. The highest BCUT2D eigenvalue weighted by molar-refractivity contribution is 5.26. The summed E-state index contributed by atoms with van der Waals surface area (Å²) in [7, 11) is 0. The third kappa shape index (κ3) is 2.43. The molecule has 0 bridgehead atoms. The van der Waals surface area contributed by atoms with Crippen LogP contribution in [0.4, 0.5) is 0 Å². The van der Waals surface area contributed by atoms with E-state index in [-0.39, 0.29) is 5.41 Å². The van der Waals surface area contributed by atoms with Crippen LogP contribution in [0.1, 0.15) is 26.3 Å². The monoisotopic (exact) mass is 162 g/mol. The molecule has 64 valence electrons. The van der Waals surface area contributed by atoms with Crippen molar-refractivity contribution in [3.05, 3.63) is 18.0 Å². The van der Waals surface area contributed by atoms with Gasteiger partial charge in [0.1, 0.15) is 0 Å². The maximum Gasteiger partial charge on any atom is 0.0646 e. The first-order valence-corrected chi connectivity index (χ1v) is 4.00. The van der Waals surface area contributed by atoms with Crippen molar-refractivity contribution in [2.45, 2.75) is 27.3 Å². The Morgan fingerprint density at radius 1 is 1.58 bits per heavy atom. The molecule has 0 aliphatic heterocycles. The molecule has 0 spiro atoms. The standard InChI is InChI=1S/C10H14N2/c1-5-9-6-11-12(7-9)8-10(2,3)4/h1,6-7H,8H2,2-4H3. The first-order valence-electron chi connectivity index (χ1n) is 4.00. The van der Waals surface area contributed by atoms with E-state index in [1.807, 2.05) is 10.9 Å². The molecule has 1 heterocycles. The molecule has 0 aromatic carbocycles. The van der Waals surface area contributed by atoms with Crippen molar-refractivity contribution in [3.63, 3.8) is 0 Å². The summed E-state index contributed by atoms with van der Waals surface area (Å²) in [6.45, 7) is 7.41. The van der Waals surface area contributed by atoms with E-state index in [4.69, 9.17) is 6.42 Å². The Labute approximate surface area is 73.6 Å². The Morgan fingerprint density at radius 2 is 2.25 bits per heavy atom. The van der Waals surface area contributed by atoms with Gasteiger partial charge in [0.15, 0.2) is 0 Å². The summed E-state index contributed by atoms with van der Waals surface area (Å²) < 4.78 is 1.88. The van der Waals surface area contributed by atoms with E-state index in [2.05, 4.69) is 31.8 Å². The Balaban J connectivity index is 2.72. The highest BCUT2D eigenvalue weighted by Crippen LogP contribution is 2.15. The summed E-state index contributed by atoms with van der Waals surface area (Å²) >= 11 is 0. The first kappa shape index (κ1) is 8.86. The number of hydrogen-bond donors (Lipinski definition) is 0. The lowest BCUT2D eigenvalue weighted by atomic mass is 9.97. The molecule has 1 rings (SSSR count). The van der Waals surface area contributed by atoms with E-state index < -0.39 is 0 Å². The first-order chi connectivity index (χ1) is 5.51. The molecule has 0 saturated carbocycles. The van der Waals surface area contributed by atoms with Gasteiger partial charge in [-0.05, 0) is 5.41 Å². The number of terminal acetylenes is 1. The second kappa shape index (κ2) is 3.02. The normalized spacial score (nSPS) is 11.2. The van der Waals surface area contributed by atoms with Crippen LogP contribution < -0.4 is 0 Å². The van der Waals surface area contributed by atoms with Crippen molar-refractivity contribution >= 4 is 0 Å². The summed E-state index contributed by atoms with van der Waals surface area (Å²) in [6, 6.07) is 0. The fraction of sp³-hybridized carbons (Fsp3) is 0.500. The molecule has 0 radical (unpaired) electrons. The van der Waals surface area contributed by atoms with Gasteiger partial charge in [-0.3, -0.25) is 4.68 Å². The lowest BCUT2D eigenvalue weighted by molar-refractivity contribution is 0.325. The van der Waals surface area contributed by atoms with Crippen molar-refractivity contribution in [1.82, 2.24) is 9.78 Å². The highest BCUT2D eigenvalue weighted by atomic mass is 15.3. The van der Waals surface area contributed by atoms with Gasteiger partial charge in [-0.25, -0.2) is 0 Å². The minimum atomic E-state index is 0.248. The van der Waals surface area contributed by atoms with Gasteiger partial charge in [0, 0.05) is 12.7 Å². The van der Waals surface area contributed by atoms with E-state index >= 15 is 0 Å². The number of aromatic nitrogens is 2. The molecule has 0 fully saturated rings. The molecule has 2 heteroatoms. The smallest absolute Gasteiger partial charge is 0.0646 e. The van der Waals surface area contributed by atoms with Gasteiger partial charge in [0.25, 0.3) is 0 Å². The lowest BCUT2D eigenvalue weighted by Crippen LogP contribution is -2.15. The fourth-order valence-electron chi connectivity index (χ4n) is 1.01. The largest absolute Gasteiger partial charge is 0.271 e. The molecule has 0 saturated heterocycles. The van der Waals surface area contributed by atoms with E-state index in [1.165, 1.54) is 0 Å². The highest BCUT2D eigenvalue weighted by Gasteiger charge is 2.11. The molecule has 0 aliphatic rings. The summed E-state index contributed by atoms with van der Waals surface area (Å²) in [5.41, 5.74) is 1.09. The molecule has 0 N–H and O–H groups in total. The van der Waals surface area contributed by atoms with Crippen LogP contribution >= 0.6 is 0 Å². The van der Waals surface area contributed by atoms with E-state index in [9.17, 15) is 0 Å². The van der Waals surface area contributed by atoms with Crippen LogP contribution in [0.25, 0.3) is 0 Å². The van der Waals surface area contributed by atoms with Gasteiger partial charge in [-0.15, -0.1) is 6.42 Å². The van der Waals surface area contributed by atoms with E-state index in [0.717, 1.165) is 12.1 Å². The molecule has 0 aliphatic carbocycles. The SMILES string of the molecule is C#Cc1cnn(CC(C)(C)C)c1. The van der Waals surface area contributed by atoms with Gasteiger partial charge < -0.3 is 0 Å². The second-order valence-corrected chi connectivity index (χ2v) is 4.13. The average Bonchev–Trinajstić information content (AvgIpc) is 2.32. The zero-order valence-electron chi connectivity index (χ0n) is 7.83. The van der Waals surface area contributed by atoms with Crippen LogP contribution in [0, 0.1) is 17.8 Å². The molecule has 1 aromatic rings. The predicted molar refractivity (Wildman–Crippen MR) is 49.6 cm³/mol. The van der Waals surface area contributed by atoms with Crippen LogP contribution in [0.3, 0.4) is 0 Å². The van der Waals surface area contributed by atoms with Gasteiger partial charge in [0.2, 0.25) is 0 Å². The molecular weight excluding hydrogens is 148 g/mol. The summed E-state index contributed by atoms with van der Waals surface area (Å²) in [6.07, 6.45) is 8.83. The Kier molecular flexibility index (Phi) is 2.23. The maximum atomic E-state index is 5.22. The molecule has 12 heavy (non-hydrogen) atoms. The molecule has 0 amide bonds. The van der Waals surface area contributed by atoms with Gasteiger partial charge in [0.05, 0.1) is 11.8 Å². The Morgan fingerprint density at radius 3 is 2.67 bits per heavy atom. The topological polar surface area (TPSA) is 17.8 Å². The van der Waals surface area contributed by atoms with E-state index in [0.29, 0.717) is 0 Å². The van der Waals surface area contributed by atoms with Crippen LogP contribution in [0.5, 0.6) is 0 Å². The van der Waals surface area contributed by atoms with Crippen LogP contribution in [-0.4, -0.2) is 9.78 Å². The fourth-order valence-corrected chi connectivity index (χ4v) is 1.01. The van der Waals surface area contributed by atoms with E-state index in [1.54, 1.807) is 6.20 Å². The average molecular weight is 162 g/mol. The number of hydrogen-bond acceptors (Lipinski definition) is 1. The minimum absolute atomic E-state index is 0.248. The molecule has 0 atom stereocenters. The number of nitrogens with zero attached hydrogens (tertiary/aromatic N) is 2. The summed E-state index contributed by atoms with van der Waals surface area (Å²) in [5.74, 6) is 2.55. The second-order valence-electron chi connectivity index (χ2n) is 4.13. The van der Waals surface area contributed by atoms with Crippen molar-refractivity contribution < 1.29 is 0 Å². The Bertz CT molecular complexity index is 296. The van der Waals surface area contributed by atoms with Crippen molar-refractivity contribution in [2.75, 3.05) is 0 Å². The number of rotatable bonds is 1. The summed E-state index contributed by atoms with van der Waals surface area (Å²) in [5, 5.41) is 4.15. The zero-order valence-corrected chi connectivity index (χ0v) is 7.83. The molecule has 1 aromatic heterocycles. The molecule has 0 unspecified atom stereocenters. The van der Waals surface area contributed by atoms with Crippen LogP contribution in [0.2, 0.25) is 0 Å². The molecular formula is C10H14N2. The van der Waals surface area contributed by atoms with Crippen LogP contribution in [0.15, 0.2) is 12.4 Å². The predicted octanol–water partition coefficient (Wildman–Crippen LogP) is 1.91. The molecule has 2 nitrogen and oxygen atoms in total. The van der Waals surface area contributed by atoms with Gasteiger partial charge in [-0.1, -0.05) is 26.7 Å². The zero-order chi connectivity index (χ0) is 9.19.